The second-order valence-electron chi connectivity index (χ2n) is 4.47. The number of nitrogens with two attached hydrogens (primary N) is 1. The standard InChI is InChI=1S/C13H14N2O/c14-16-9-13(6-7-13)11-5-8-15-12-4-2-1-3-10(11)12/h1-5,8H,6-7,9,14H2. The quantitative estimate of drug-likeness (QED) is 0.796. The maximum atomic E-state index is 5.22. The molecule has 82 valence electrons. The number of benzene rings is 1. The Morgan fingerprint density at radius 2 is 2.06 bits per heavy atom. The van der Waals surface area contributed by atoms with E-state index in [-0.39, 0.29) is 5.41 Å². The first-order valence-corrected chi connectivity index (χ1v) is 5.52. The molecule has 3 heteroatoms. The Hall–Kier alpha value is -1.45. The van der Waals surface area contributed by atoms with E-state index in [9.17, 15) is 0 Å². The summed E-state index contributed by atoms with van der Waals surface area (Å²) in [6.07, 6.45) is 4.17. The third-order valence-corrected chi connectivity index (χ3v) is 3.43. The first kappa shape index (κ1) is 9.75. The molecule has 0 saturated heterocycles. The number of fused-ring (bicyclic) bond motifs is 1. The number of para-hydroxylation sites is 1. The van der Waals surface area contributed by atoms with Crippen molar-refractivity contribution in [3.05, 3.63) is 42.1 Å². The zero-order chi connectivity index (χ0) is 11.0. The van der Waals surface area contributed by atoms with Crippen molar-refractivity contribution >= 4 is 10.9 Å². The van der Waals surface area contributed by atoms with Crippen LogP contribution in [0.1, 0.15) is 18.4 Å². The first-order chi connectivity index (χ1) is 7.86. The molecule has 1 heterocycles. The lowest BCUT2D eigenvalue weighted by molar-refractivity contribution is 0.116. The minimum atomic E-state index is 0.136. The van der Waals surface area contributed by atoms with Crippen LogP contribution >= 0.6 is 0 Å². The van der Waals surface area contributed by atoms with E-state index >= 15 is 0 Å². The van der Waals surface area contributed by atoms with E-state index in [1.165, 1.54) is 10.9 Å². The summed E-state index contributed by atoms with van der Waals surface area (Å²) in [7, 11) is 0. The summed E-state index contributed by atoms with van der Waals surface area (Å²) in [5.41, 5.74) is 2.50. The average molecular weight is 214 g/mol. The van der Waals surface area contributed by atoms with Gasteiger partial charge in [-0.05, 0) is 30.5 Å². The molecule has 2 N–H and O–H groups in total. The van der Waals surface area contributed by atoms with Crippen molar-refractivity contribution in [2.45, 2.75) is 18.3 Å². The summed E-state index contributed by atoms with van der Waals surface area (Å²) < 4.78 is 0. The Bertz CT molecular complexity index is 515. The molecule has 1 aromatic heterocycles. The molecule has 3 rings (SSSR count). The highest BCUT2D eigenvalue weighted by Gasteiger charge is 2.45. The molecule has 0 amide bonds. The van der Waals surface area contributed by atoms with Crippen molar-refractivity contribution in [2.24, 2.45) is 5.90 Å². The fraction of sp³-hybridized carbons (Fsp3) is 0.308. The molecule has 1 aromatic carbocycles. The summed E-state index contributed by atoms with van der Waals surface area (Å²) >= 11 is 0. The topological polar surface area (TPSA) is 48.1 Å². The normalized spacial score (nSPS) is 17.6. The minimum absolute atomic E-state index is 0.136. The Morgan fingerprint density at radius 1 is 1.25 bits per heavy atom. The van der Waals surface area contributed by atoms with Crippen LogP contribution in [0.15, 0.2) is 36.5 Å². The maximum Gasteiger partial charge on any atom is 0.0776 e. The smallest absolute Gasteiger partial charge is 0.0776 e. The van der Waals surface area contributed by atoms with Gasteiger partial charge in [0.05, 0.1) is 12.1 Å². The Labute approximate surface area is 94.2 Å². The summed E-state index contributed by atoms with van der Waals surface area (Å²) in [5, 5.41) is 1.22. The highest BCUT2D eigenvalue weighted by Crippen LogP contribution is 2.49. The molecule has 1 fully saturated rings. The van der Waals surface area contributed by atoms with Crippen LogP contribution in [0.5, 0.6) is 0 Å². The predicted molar refractivity (Wildman–Crippen MR) is 62.8 cm³/mol. The van der Waals surface area contributed by atoms with E-state index in [0.29, 0.717) is 6.61 Å². The van der Waals surface area contributed by atoms with Crippen LogP contribution in [0.4, 0.5) is 0 Å². The van der Waals surface area contributed by atoms with Gasteiger partial charge in [0.25, 0.3) is 0 Å². The molecule has 1 aliphatic carbocycles. The predicted octanol–water partition coefficient (Wildman–Crippen LogP) is 2.16. The lowest BCUT2D eigenvalue weighted by Crippen LogP contribution is -2.18. The highest BCUT2D eigenvalue weighted by molar-refractivity contribution is 5.83. The Kier molecular flexibility index (Phi) is 2.16. The van der Waals surface area contributed by atoms with E-state index in [0.717, 1.165) is 18.4 Å². The van der Waals surface area contributed by atoms with Gasteiger partial charge in [-0.2, -0.15) is 0 Å². The Morgan fingerprint density at radius 3 is 2.81 bits per heavy atom. The second kappa shape index (κ2) is 3.54. The number of nitrogens with zero attached hydrogens (tertiary/aromatic N) is 1. The van der Waals surface area contributed by atoms with E-state index in [4.69, 9.17) is 10.7 Å². The van der Waals surface area contributed by atoms with Gasteiger partial charge in [-0.3, -0.25) is 4.98 Å². The number of hydrogen-bond donors (Lipinski definition) is 1. The van der Waals surface area contributed by atoms with Crippen molar-refractivity contribution in [2.75, 3.05) is 6.61 Å². The molecular weight excluding hydrogens is 200 g/mol. The van der Waals surface area contributed by atoms with Gasteiger partial charge in [0.1, 0.15) is 0 Å². The molecule has 2 aromatic rings. The molecule has 0 aliphatic heterocycles. The van der Waals surface area contributed by atoms with E-state index in [1.54, 1.807) is 0 Å². The molecule has 0 unspecified atom stereocenters. The van der Waals surface area contributed by atoms with Crippen molar-refractivity contribution in [1.82, 2.24) is 4.98 Å². The van der Waals surface area contributed by atoms with Crippen molar-refractivity contribution < 1.29 is 4.84 Å². The summed E-state index contributed by atoms with van der Waals surface area (Å²) in [6.45, 7) is 0.598. The van der Waals surface area contributed by atoms with Gasteiger partial charge < -0.3 is 4.84 Å². The molecule has 0 bridgehead atoms. The van der Waals surface area contributed by atoms with Crippen LogP contribution in [-0.2, 0) is 10.3 Å². The van der Waals surface area contributed by atoms with Crippen LogP contribution < -0.4 is 5.90 Å². The summed E-state index contributed by atoms with van der Waals surface area (Å²) in [4.78, 5) is 9.22. The van der Waals surface area contributed by atoms with Gasteiger partial charge >= 0.3 is 0 Å². The van der Waals surface area contributed by atoms with Gasteiger partial charge in [-0.15, -0.1) is 0 Å². The van der Waals surface area contributed by atoms with Gasteiger partial charge in [0, 0.05) is 17.0 Å². The lowest BCUT2D eigenvalue weighted by Gasteiger charge is -2.16. The molecule has 0 spiro atoms. The van der Waals surface area contributed by atoms with E-state index in [1.807, 2.05) is 24.4 Å². The van der Waals surface area contributed by atoms with Gasteiger partial charge in [-0.1, -0.05) is 18.2 Å². The molecule has 3 nitrogen and oxygen atoms in total. The molecule has 1 aliphatic rings. The zero-order valence-electron chi connectivity index (χ0n) is 9.02. The van der Waals surface area contributed by atoms with Crippen LogP contribution in [0.2, 0.25) is 0 Å². The summed E-state index contributed by atoms with van der Waals surface area (Å²) in [5.74, 6) is 5.22. The number of pyridine rings is 1. The van der Waals surface area contributed by atoms with Crippen LogP contribution in [0, 0.1) is 0 Å². The van der Waals surface area contributed by atoms with E-state index in [2.05, 4.69) is 17.1 Å². The van der Waals surface area contributed by atoms with Gasteiger partial charge in [-0.25, -0.2) is 5.90 Å². The second-order valence-corrected chi connectivity index (χ2v) is 4.47. The molecule has 1 saturated carbocycles. The van der Waals surface area contributed by atoms with Crippen molar-refractivity contribution in [3.63, 3.8) is 0 Å². The Balaban J connectivity index is 2.17. The maximum absolute atomic E-state index is 5.22. The van der Waals surface area contributed by atoms with Crippen molar-refractivity contribution in [3.8, 4) is 0 Å². The lowest BCUT2D eigenvalue weighted by atomic mass is 9.94. The van der Waals surface area contributed by atoms with Crippen LogP contribution in [0.3, 0.4) is 0 Å². The number of aromatic nitrogens is 1. The fourth-order valence-corrected chi connectivity index (χ4v) is 2.36. The van der Waals surface area contributed by atoms with E-state index < -0.39 is 0 Å². The average Bonchev–Trinajstić information content (AvgIpc) is 3.10. The summed E-state index contributed by atoms with van der Waals surface area (Å²) in [6, 6.07) is 10.3. The SMILES string of the molecule is NOCC1(c2ccnc3ccccc23)CC1. The number of rotatable bonds is 3. The fourth-order valence-electron chi connectivity index (χ4n) is 2.36. The van der Waals surface area contributed by atoms with Gasteiger partial charge in [0.15, 0.2) is 0 Å². The third-order valence-electron chi connectivity index (χ3n) is 3.43. The molecule has 0 radical (unpaired) electrons. The third kappa shape index (κ3) is 1.40. The molecule has 0 atom stereocenters. The molecule has 16 heavy (non-hydrogen) atoms. The molecular formula is C13H14N2O. The number of hydrogen-bond acceptors (Lipinski definition) is 3. The van der Waals surface area contributed by atoms with Crippen molar-refractivity contribution in [1.29, 1.82) is 0 Å². The van der Waals surface area contributed by atoms with Gasteiger partial charge in [0.2, 0.25) is 0 Å². The minimum Gasteiger partial charge on any atom is -0.304 e. The largest absolute Gasteiger partial charge is 0.304 e. The van der Waals surface area contributed by atoms with Crippen LogP contribution in [-0.4, -0.2) is 11.6 Å². The zero-order valence-corrected chi connectivity index (χ0v) is 9.02. The highest BCUT2D eigenvalue weighted by atomic mass is 16.6. The monoisotopic (exact) mass is 214 g/mol. The first-order valence-electron chi connectivity index (χ1n) is 5.52. The van der Waals surface area contributed by atoms with Crippen LogP contribution in [0.25, 0.3) is 10.9 Å².